The van der Waals surface area contributed by atoms with Crippen molar-refractivity contribution in [3.8, 4) is 5.75 Å². The Kier molecular flexibility index (Phi) is 3.96. The summed E-state index contributed by atoms with van der Waals surface area (Å²) in [4.78, 5) is 25.4. The molecular formula is C17H10F3NO4. The number of alkyl halides is 3. The van der Waals surface area contributed by atoms with Crippen molar-refractivity contribution in [2.75, 3.05) is 4.90 Å². The lowest BCUT2D eigenvalue weighted by molar-refractivity contribution is -0.274. The van der Waals surface area contributed by atoms with Crippen LogP contribution in [0.2, 0.25) is 0 Å². The van der Waals surface area contributed by atoms with Gasteiger partial charge in [0.05, 0.1) is 11.3 Å². The highest BCUT2D eigenvalue weighted by Gasteiger charge is 2.40. The summed E-state index contributed by atoms with van der Waals surface area (Å²) in [5.74, 6) is -3.21. The molecule has 1 heterocycles. The molecule has 2 aromatic carbocycles. The van der Waals surface area contributed by atoms with Crippen LogP contribution in [0.25, 0.3) is 5.57 Å². The second-order valence-corrected chi connectivity index (χ2v) is 5.08. The molecule has 128 valence electrons. The number of hydrogen-bond acceptors (Lipinski definition) is 4. The SMILES string of the molecule is O=C1C(O)=C(c2ccccc2)C(=O)N1c1cccc(OC(F)(F)F)c1. The van der Waals surface area contributed by atoms with E-state index < -0.39 is 29.7 Å². The minimum Gasteiger partial charge on any atom is -0.502 e. The molecule has 0 saturated carbocycles. The summed E-state index contributed by atoms with van der Waals surface area (Å²) in [5, 5.41) is 10.0. The molecule has 0 unspecified atom stereocenters. The summed E-state index contributed by atoms with van der Waals surface area (Å²) >= 11 is 0. The molecule has 0 spiro atoms. The van der Waals surface area contributed by atoms with E-state index in [1.165, 1.54) is 24.3 Å². The van der Waals surface area contributed by atoms with Gasteiger partial charge in [-0.05, 0) is 17.7 Å². The second-order valence-electron chi connectivity index (χ2n) is 5.08. The molecular weight excluding hydrogens is 339 g/mol. The predicted molar refractivity (Wildman–Crippen MR) is 81.6 cm³/mol. The number of carbonyl (C=O) groups excluding carboxylic acids is 2. The number of aliphatic hydroxyl groups excluding tert-OH is 1. The van der Waals surface area contributed by atoms with E-state index >= 15 is 0 Å². The maximum Gasteiger partial charge on any atom is 0.573 e. The molecule has 8 heteroatoms. The molecule has 0 radical (unpaired) electrons. The van der Waals surface area contributed by atoms with E-state index in [0.717, 1.165) is 12.1 Å². The Morgan fingerprint density at radius 2 is 1.60 bits per heavy atom. The highest BCUT2D eigenvalue weighted by Crippen LogP contribution is 2.34. The summed E-state index contributed by atoms with van der Waals surface area (Å²) in [7, 11) is 0. The standard InChI is InChI=1S/C17H10F3NO4/c18-17(19,20)25-12-8-4-7-11(9-12)21-15(23)13(14(22)16(21)24)10-5-2-1-3-6-10/h1-9,22H. The zero-order valence-electron chi connectivity index (χ0n) is 12.4. The molecule has 3 rings (SSSR count). The number of benzene rings is 2. The maximum absolute atomic E-state index is 12.5. The third kappa shape index (κ3) is 3.18. The van der Waals surface area contributed by atoms with Crippen LogP contribution in [-0.4, -0.2) is 23.3 Å². The molecule has 1 N–H and O–H groups in total. The smallest absolute Gasteiger partial charge is 0.502 e. The summed E-state index contributed by atoms with van der Waals surface area (Å²) in [5.41, 5.74) is -0.0366. The minimum atomic E-state index is -4.91. The number of nitrogens with zero attached hydrogens (tertiary/aromatic N) is 1. The molecule has 0 aliphatic carbocycles. The topological polar surface area (TPSA) is 66.8 Å². The van der Waals surface area contributed by atoms with Gasteiger partial charge in [0.1, 0.15) is 5.75 Å². The first-order valence-electron chi connectivity index (χ1n) is 7.01. The number of aliphatic hydroxyl groups is 1. The van der Waals surface area contributed by atoms with Crippen molar-refractivity contribution in [3.63, 3.8) is 0 Å². The van der Waals surface area contributed by atoms with Crippen molar-refractivity contribution in [1.29, 1.82) is 0 Å². The van der Waals surface area contributed by atoms with Gasteiger partial charge in [-0.1, -0.05) is 36.4 Å². The van der Waals surface area contributed by atoms with Crippen molar-refractivity contribution < 1.29 is 32.6 Å². The zero-order valence-corrected chi connectivity index (χ0v) is 12.4. The molecule has 0 atom stereocenters. The number of ether oxygens (including phenoxy) is 1. The van der Waals surface area contributed by atoms with Crippen molar-refractivity contribution in [2.24, 2.45) is 0 Å². The van der Waals surface area contributed by atoms with Crippen LogP contribution in [0, 0.1) is 0 Å². The molecule has 2 amide bonds. The normalized spacial score (nSPS) is 15.1. The van der Waals surface area contributed by atoms with Crippen LogP contribution in [0.4, 0.5) is 18.9 Å². The van der Waals surface area contributed by atoms with E-state index in [2.05, 4.69) is 4.74 Å². The van der Waals surface area contributed by atoms with E-state index in [0.29, 0.717) is 10.5 Å². The van der Waals surface area contributed by atoms with Crippen molar-refractivity contribution in [1.82, 2.24) is 0 Å². The van der Waals surface area contributed by atoms with Crippen LogP contribution in [0.5, 0.6) is 5.75 Å². The van der Waals surface area contributed by atoms with Gasteiger partial charge in [-0.3, -0.25) is 9.59 Å². The van der Waals surface area contributed by atoms with E-state index in [9.17, 15) is 27.9 Å². The number of anilines is 1. The lowest BCUT2D eigenvalue weighted by Crippen LogP contribution is -2.31. The number of carbonyl (C=O) groups is 2. The third-order valence-corrected chi connectivity index (χ3v) is 3.43. The van der Waals surface area contributed by atoms with Gasteiger partial charge in [0.2, 0.25) is 0 Å². The lowest BCUT2D eigenvalue weighted by Gasteiger charge is -2.16. The first-order valence-corrected chi connectivity index (χ1v) is 7.01. The van der Waals surface area contributed by atoms with E-state index in [-0.39, 0.29) is 11.3 Å². The Balaban J connectivity index is 1.97. The molecule has 2 aromatic rings. The van der Waals surface area contributed by atoms with E-state index in [1.54, 1.807) is 18.2 Å². The number of amides is 2. The van der Waals surface area contributed by atoms with Crippen LogP contribution < -0.4 is 9.64 Å². The van der Waals surface area contributed by atoms with Gasteiger partial charge < -0.3 is 9.84 Å². The highest BCUT2D eigenvalue weighted by atomic mass is 19.4. The molecule has 1 aliphatic heterocycles. The molecule has 25 heavy (non-hydrogen) atoms. The summed E-state index contributed by atoms with van der Waals surface area (Å²) in [6, 6.07) is 12.4. The monoisotopic (exact) mass is 349 g/mol. The van der Waals surface area contributed by atoms with E-state index in [1.807, 2.05) is 0 Å². The second kappa shape index (κ2) is 5.97. The van der Waals surface area contributed by atoms with Crippen LogP contribution in [0.3, 0.4) is 0 Å². The number of halogens is 3. The summed E-state index contributed by atoms with van der Waals surface area (Å²) in [6.07, 6.45) is -4.91. The molecule has 0 aromatic heterocycles. The van der Waals surface area contributed by atoms with Crippen molar-refractivity contribution in [2.45, 2.75) is 6.36 Å². The molecule has 0 bridgehead atoms. The van der Waals surface area contributed by atoms with Gasteiger partial charge in [0.25, 0.3) is 5.91 Å². The Labute approximate surface area is 139 Å². The number of imide groups is 1. The Bertz CT molecular complexity index is 875. The third-order valence-electron chi connectivity index (χ3n) is 3.43. The minimum absolute atomic E-state index is 0.144. The average Bonchev–Trinajstić information content (AvgIpc) is 2.76. The Hall–Kier alpha value is -3.29. The fourth-order valence-electron chi connectivity index (χ4n) is 2.44. The highest BCUT2D eigenvalue weighted by molar-refractivity contribution is 6.44. The largest absolute Gasteiger partial charge is 0.573 e. The van der Waals surface area contributed by atoms with Gasteiger partial charge in [-0.15, -0.1) is 13.2 Å². The first kappa shape index (κ1) is 16.6. The lowest BCUT2D eigenvalue weighted by atomic mass is 10.1. The zero-order chi connectivity index (χ0) is 18.2. The molecule has 0 fully saturated rings. The predicted octanol–water partition coefficient (Wildman–Crippen LogP) is 3.43. The van der Waals surface area contributed by atoms with Gasteiger partial charge >= 0.3 is 12.3 Å². The molecule has 5 nitrogen and oxygen atoms in total. The van der Waals surface area contributed by atoms with Gasteiger partial charge in [0.15, 0.2) is 5.76 Å². The summed E-state index contributed by atoms with van der Waals surface area (Å²) < 4.78 is 40.8. The fraction of sp³-hybridized carbons (Fsp3) is 0.0588. The maximum atomic E-state index is 12.5. The van der Waals surface area contributed by atoms with Crippen LogP contribution >= 0.6 is 0 Å². The summed E-state index contributed by atoms with van der Waals surface area (Å²) in [6.45, 7) is 0. The fourth-order valence-corrected chi connectivity index (χ4v) is 2.44. The molecule has 1 aliphatic rings. The van der Waals surface area contributed by atoms with Gasteiger partial charge in [-0.2, -0.15) is 0 Å². The number of rotatable bonds is 3. The van der Waals surface area contributed by atoms with Crippen LogP contribution in [-0.2, 0) is 9.59 Å². The van der Waals surface area contributed by atoms with Crippen LogP contribution in [0.15, 0.2) is 60.4 Å². The van der Waals surface area contributed by atoms with Crippen molar-refractivity contribution >= 4 is 23.1 Å². The average molecular weight is 349 g/mol. The quantitative estimate of drug-likeness (QED) is 0.862. The molecule has 0 saturated heterocycles. The van der Waals surface area contributed by atoms with Gasteiger partial charge in [0, 0.05) is 6.07 Å². The van der Waals surface area contributed by atoms with Gasteiger partial charge in [-0.25, -0.2) is 4.90 Å². The van der Waals surface area contributed by atoms with Crippen molar-refractivity contribution in [3.05, 3.63) is 65.9 Å². The number of hydrogen-bond donors (Lipinski definition) is 1. The Morgan fingerprint density at radius 1 is 0.920 bits per heavy atom. The Morgan fingerprint density at radius 3 is 2.24 bits per heavy atom. The van der Waals surface area contributed by atoms with E-state index in [4.69, 9.17) is 0 Å². The first-order chi connectivity index (χ1) is 11.8. The van der Waals surface area contributed by atoms with Crippen LogP contribution in [0.1, 0.15) is 5.56 Å².